The highest BCUT2D eigenvalue weighted by Crippen LogP contribution is 2.26. The molecule has 0 saturated carbocycles. The minimum Gasteiger partial charge on any atom is -0.444 e. The van der Waals surface area contributed by atoms with Crippen LogP contribution in [0, 0.1) is 0 Å². The molecule has 0 radical (unpaired) electrons. The number of amides is 1. The first-order valence-electron chi connectivity index (χ1n) is 8.27. The van der Waals surface area contributed by atoms with E-state index in [1.165, 1.54) is 4.90 Å². The predicted octanol–water partition coefficient (Wildman–Crippen LogP) is 4.61. The lowest BCUT2D eigenvalue weighted by atomic mass is 10.0. The van der Waals surface area contributed by atoms with Gasteiger partial charge in [0.2, 0.25) is 0 Å². The summed E-state index contributed by atoms with van der Waals surface area (Å²) in [6.07, 6.45) is 5.12. The van der Waals surface area contributed by atoms with E-state index in [9.17, 15) is 4.79 Å². The van der Waals surface area contributed by atoms with Crippen LogP contribution in [0.1, 0.15) is 40.0 Å². The molecule has 23 heavy (non-hydrogen) atoms. The number of hydrogen-bond donors (Lipinski definition) is 1. The highest BCUT2D eigenvalue weighted by molar-refractivity contribution is 7.98. The van der Waals surface area contributed by atoms with Gasteiger partial charge in [0, 0.05) is 23.7 Å². The zero-order valence-electron chi connectivity index (χ0n) is 14.6. The summed E-state index contributed by atoms with van der Waals surface area (Å²) in [5, 5.41) is 3.51. The lowest BCUT2D eigenvalue weighted by molar-refractivity contribution is 0.0114. The van der Waals surface area contributed by atoms with Crippen LogP contribution < -0.4 is 5.32 Å². The van der Waals surface area contributed by atoms with Crippen LogP contribution in [-0.2, 0) is 4.74 Å². The van der Waals surface area contributed by atoms with E-state index in [0.717, 1.165) is 38.0 Å². The maximum Gasteiger partial charge on any atom is 0.410 e. The van der Waals surface area contributed by atoms with Crippen LogP contribution in [0.15, 0.2) is 29.2 Å². The summed E-state index contributed by atoms with van der Waals surface area (Å²) < 4.78 is 5.56. The second-order valence-electron chi connectivity index (χ2n) is 6.90. The van der Waals surface area contributed by atoms with Crippen molar-refractivity contribution in [3.63, 3.8) is 0 Å². The van der Waals surface area contributed by atoms with Gasteiger partial charge in [0.05, 0.1) is 6.04 Å². The number of carbonyl (C=O) groups is 1. The van der Waals surface area contributed by atoms with Crippen LogP contribution in [0.25, 0.3) is 0 Å². The van der Waals surface area contributed by atoms with Crippen molar-refractivity contribution in [1.82, 2.24) is 4.90 Å². The van der Waals surface area contributed by atoms with Crippen molar-refractivity contribution >= 4 is 23.5 Å². The molecule has 1 aromatic rings. The van der Waals surface area contributed by atoms with Gasteiger partial charge in [0.15, 0.2) is 0 Å². The fourth-order valence-corrected chi connectivity index (χ4v) is 3.37. The Balaban J connectivity index is 2.00. The second kappa shape index (κ2) is 7.95. The van der Waals surface area contributed by atoms with E-state index >= 15 is 0 Å². The van der Waals surface area contributed by atoms with Gasteiger partial charge in [0.25, 0.3) is 0 Å². The monoisotopic (exact) mass is 336 g/mol. The third kappa shape index (κ3) is 5.34. The standard InChI is InChI=1S/C18H28N2O2S/c1-18(2,3)22-17(21)20-12-8-7-9-14(20)13-19-15-10-5-6-11-16(15)23-4/h5-6,10-11,14,19H,7-9,12-13H2,1-4H3. The molecular weight excluding hydrogens is 308 g/mol. The summed E-state index contributed by atoms with van der Waals surface area (Å²) in [5.41, 5.74) is 0.688. The summed E-state index contributed by atoms with van der Waals surface area (Å²) in [4.78, 5) is 15.6. The number of likely N-dealkylation sites (tertiary alicyclic amines) is 1. The van der Waals surface area contributed by atoms with Crippen LogP contribution >= 0.6 is 11.8 Å². The number of thioether (sulfide) groups is 1. The van der Waals surface area contributed by atoms with Crippen LogP contribution in [0.5, 0.6) is 0 Å². The van der Waals surface area contributed by atoms with Gasteiger partial charge in [-0.15, -0.1) is 11.8 Å². The maximum absolute atomic E-state index is 12.4. The van der Waals surface area contributed by atoms with Crippen molar-refractivity contribution in [2.45, 2.75) is 56.6 Å². The number of carbonyl (C=O) groups excluding carboxylic acids is 1. The molecular formula is C18H28N2O2S. The minimum absolute atomic E-state index is 0.188. The Hall–Kier alpha value is -1.36. The van der Waals surface area contributed by atoms with E-state index in [1.807, 2.05) is 37.8 Å². The zero-order valence-corrected chi connectivity index (χ0v) is 15.4. The smallest absolute Gasteiger partial charge is 0.410 e. The van der Waals surface area contributed by atoms with E-state index < -0.39 is 5.60 Å². The molecule has 1 N–H and O–H groups in total. The van der Waals surface area contributed by atoms with Crippen molar-refractivity contribution < 1.29 is 9.53 Å². The molecule has 1 fully saturated rings. The normalized spacial score (nSPS) is 18.6. The molecule has 0 spiro atoms. The van der Waals surface area contributed by atoms with Gasteiger partial charge < -0.3 is 15.0 Å². The van der Waals surface area contributed by atoms with Crippen molar-refractivity contribution in [3.8, 4) is 0 Å². The SMILES string of the molecule is CSc1ccccc1NCC1CCCCN1C(=O)OC(C)(C)C. The molecule has 1 unspecified atom stereocenters. The highest BCUT2D eigenvalue weighted by atomic mass is 32.2. The average molecular weight is 337 g/mol. The van der Waals surface area contributed by atoms with Crippen molar-refractivity contribution in [1.29, 1.82) is 0 Å². The van der Waals surface area contributed by atoms with E-state index in [4.69, 9.17) is 4.74 Å². The Morgan fingerprint density at radius 2 is 2.09 bits per heavy atom. The maximum atomic E-state index is 12.4. The summed E-state index contributed by atoms with van der Waals surface area (Å²) in [7, 11) is 0. The predicted molar refractivity (Wildman–Crippen MR) is 97.3 cm³/mol. The Bertz CT molecular complexity index is 528. The van der Waals surface area contributed by atoms with Crippen molar-refractivity contribution in [2.75, 3.05) is 24.7 Å². The number of nitrogens with one attached hydrogen (secondary N) is 1. The van der Waals surface area contributed by atoms with Crippen LogP contribution in [0.4, 0.5) is 10.5 Å². The number of piperidine rings is 1. The third-order valence-corrected chi connectivity index (χ3v) is 4.69. The number of para-hydroxylation sites is 1. The lowest BCUT2D eigenvalue weighted by Crippen LogP contribution is -2.48. The Labute approximate surface area is 144 Å². The van der Waals surface area contributed by atoms with E-state index in [0.29, 0.717) is 0 Å². The van der Waals surface area contributed by atoms with Gasteiger partial charge in [-0.1, -0.05) is 12.1 Å². The number of hydrogen-bond acceptors (Lipinski definition) is 4. The summed E-state index contributed by atoms with van der Waals surface area (Å²) in [6, 6.07) is 8.47. The van der Waals surface area contributed by atoms with E-state index in [1.54, 1.807) is 11.8 Å². The first-order chi connectivity index (χ1) is 10.9. The first kappa shape index (κ1) is 18.0. The lowest BCUT2D eigenvalue weighted by Gasteiger charge is -2.37. The number of rotatable bonds is 4. The fourth-order valence-electron chi connectivity index (χ4n) is 2.79. The minimum atomic E-state index is -0.446. The number of benzene rings is 1. The molecule has 1 amide bonds. The van der Waals surface area contributed by atoms with E-state index in [-0.39, 0.29) is 12.1 Å². The number of nitrogens with zero attached hydrogens (tertiary/aromatic N) is 1. The zero-order chi connectivity index (χ0) is 16.9. The second-order valence-corrected chi connectivity index (χ2v) is 7.75. The summed E-state index contributed by atoms with van der Waals surface area (Å²) in [6.45, 7) is 7.28. The molecule has 128 valence electrons. The van der Waals surface area contributed by atoms with Gasteiger partial charge in [-0.05, 0) is 58.4 Å². The van der Waals surface area contributed by atoms with Crippen molar-refractivity contribution in [2.24, 2.45) is 0 Å². The van der Waals surface area contributed by atoms with Gasteiger partial charge in [-0.3, -0.25) is 0 Å². The average Bonchev–Trinajstić information content (AvgIpc) is 2.51. The molecule has 1 atom stereocenters. The van der Waals surface area contributed by atoms with Crippen LogP contribution in [0.2, 0.25) is 0 Å². The Morgan fingerprint density at radius 1 is 1.35 bits per heavy atom. The molecule has 4 nitrogen and oxygen atoms in total. The molecule has 5 heteroatoms. The quantitative estimate of drug-likeness (QED) is 0.815. The first-order valence-corrected chi connectivity index (χ1v) is 9.49. The molecule has 2 rings (SSSR count). The highest BCUT2D eigenvalue weighted by Gasteiger charge is 2.30. The third-order valence-electron chi connectivity index (χ3n) is 3.89. The van der Waals surface area contributed by atoms with Crippen molar-refractivity contribution in [3.05, 3.63) is 24.3 Å². The van der Waals surface area contributed by atoms with Gasteiger partial charge >= 0.3 is 6.09 Å². The molecule has 1 aliphatic heterocycles. The molecule has 0 aliphatic carbocycles. The summed E-state index contributed by atoms with van der Waals surface area (Å²) >= 11 is 1.73. The van der Waals surface area contributed by atoms with E-state index in [2.05, 4.69) is 23.7 Å². The fraction of sp³-hybridized carbons (Fsp3) is 0.611. The molecule has 1 heterocycles. The van der Waals surface area contributed by atoms with Gasteiger partial charge in [-0.25, -0.2) is 4.79 Å². The number of ether oxygens (including phenoxy) is 1. The summed E-state index contributed by atoms with van der Waals surface area (Å²) in [5.74, 6) is 0. The molecule has 1 aromatic carbocycles. The van der Waals surface area contributed by atoms with Crippen LogP contribution in [-0.4, -0.2) is 42.0 Å². The largest absolute Gasteiger partial charge is 0.444 e. The van der Waals surface area contributed by atoms with Crippen LogP contribution in [0.3, 0.4) is 0 Å². The molecule has 1 aliphatic rings. The van der Waals surface area contributed by atoms with Gasteiger partial charge in [-0.2, -0.15) is 0 Å². The molecule has 0 bridgehead atoms. The van der Waals surface area contributed by atoms with Gasteiger partial charge in [0.1, 0.15) is 5.60 Å². The molecule has 1 saturated heterocycles. The Kier molecular flexibility index (Phi) is 6.22. The Morgan fingerprint density at radius 3 is 2.78 bits per heavy atom. The topological polar surface area (TPSA) is 41.6 Å². The number of anilines is 1. The molecule has 0 aromatic heterocycles.